The van der Waals surface area contributed by atoms with Gasteiger partial charge in [-0.25, -0.2) is 0 Å². The van der Waals surface area contributed by atoms with Crippen LogP contribution in [0.4, 0.5) is 11.4 Å². The molecule has 0 unspecified atom stereocenters. The number of anilines is 2. The Balaban J connectivity index is 2.11. The summed E-state index contributed by atoms with van der Waals surface area (Å²) < 4.78 is 0. The average Bonchev–Trinajstić information content (AvgIpc) is 2.87. The van der Waals surface area contributed by atoms with Gasteiger partial charge in [0.2, 0.25) is 11.8 Å². The molecule has 1 aliphatic carbocycles. The minimum absolute atomic E-state index is 0.0978. The maximum Gasteiger partial charge on any atom is 0.227 e. The van der Waals surface area contributed by atoms with Crippen molar-refractivity contribution in [3.8, 4) is 0 Å². The van der Waals surface area contributed by atoms with Gasteiger partial charge in [-0.3, -0.25) is 9.59 Å². The zero-order valence-corrected chi connectivity index (χ0v) is 11.5. The van der Waals surface area contributed by atoms with E-state index < -0.39 is 0 Å². The lowest BCUT2D eigenvalue weighted by Gasteiger charge is -2.15. The van der Waals surface area contributed by atoms with Gasteiger partial charge in [-0.1, -0.05) is 18.9 Å². The summed E-state index contributed by atoms with van der Waals surface area (Å²) >= 11 is 0. The highest BCUT2D eigenvalue weighted by Gasteiger charge is 2.23. The van der Waals surface area contributed by atoms with Crippen molar-refractivity contribution >= 4 is 23.2 Å². The molecule has 102 valence electrons. The third kappa shape index (κ3) is 3.34. The topological polar surface area (TPSA) is 58.2 Å². The van der Waals surface area contributed by atoms with Crippen molar-refractivity contribution in [1.29, 1.82) is 0 Å². The molecular weight excluding hydrogens is 240 g/mol. The Kier molecular flexibility index (Phi) is 4.20. The van der Waals surface area contributed by atoms with E-state index in [4.69, 9.17) is 0 Å². The molecule has 0 aromatic heterocycles. The Morgan fingerprint density at radius 3 is 2.26 bits per heavy atom. The van der Waals surface area contributed by atoms with Gasteiger partial charge in [-0.05, 0) is 37.5 Å². The van der Waals surface area contributed by atoms with Crippen LogP contribution >= 0.6 is 0 Å². The van der Waals surface area contributed by atoms with Gasteiger partial charge in [0.05, 0.1) is 0 Å². The van der Waals surface area contributed by atoms with E-state index in [0.29, 0.717) is 0 Å². The van der Waals surface area contributed by atoms with Crippen molar-refractivity contribution in [3.05, 3.63) is 23.8 Å². The molecular formula is C15H20N2O2. The van der Waals surface area contributed by atoms with Crippen LogP contribution in [0.15, 0.2) is 18.2 Å². The predicted octanol–water partition coefficient (Wildman–Crippen LogP) is 3.08. The molecule has 4 heteroatoms. The molecule has 1 saturated carbocycles. The van der Waals surface area contributed by atoms with E-state index in [1.54, 1.807) is 0 Å². The summed E-state index contributed by atoms with van der Waals surface area (Å²) in [7, 11) is 0. The molecule has 0 spiro atoms. The Morgan fingerprint density at radius 1 is 1.11 bits per heavy atom. The maximum atomic E-state index is 12.1. The molecule has 2 amide bonds. The largest absolute Gasteiger partial charge is 0.326 e. The highest BCUT2D eigenvalue weighted by Crippen LogP contribution is 2.28. The summed E-state index contributed by atoms with van der Waals surface area (Å²) in [5, 5.41) is 5.74. The van der Waals surface area contributed by atoms with Crippen molar-refractivity contribution in [2.45, 2.75) is 39.5 Å². The second-order valence-electron chi connectivity index (χ2n) is 5.13. The van der Waals surface area contributed by atoms with E-state index in [1.165, 1.54) is 6.92 Å². The molecule has 0 heterocycles. The van der Waals surface area contributed by atoms with Crippen molar-refractivity contribution in [1.82, 2.24) is 0 Å². The van der Waals surface area contributed by atoms with Crippen LogP contribution in [0.2, 0.25) is 0 Å². The Hall–Kier alpha value is -1.84. The van der Waals surface area contributed by atoms with Gasteiger partial charge in [0.1, 0.15) is 0 Å². The minimum atomic E-state index is -0.109. The average molecular weight is 260 g/mol. The first-order valence-corrected chi connectivity index (χ1v) is 6.76. The Labute approximate surface area is 113 Å². The van der Waals surface area contributed by atoms with Gasteiger partial charge >= 0.3 is 0 Å². The third-order valence-corrected chi connectivity index (χ3v) is 3.63. The molecule has 4 nitrogen and oxygen atoms in total. The monoisotopic (exact) mass is 260 g/mol. The molecule has 1 aromatic rings. The summed E-state index contributed by atoms with van der Waals surface area (Å²) in [6, 6.07) is 5.54. The number of amides is 2. The van der Waals surface area contributed by atoms with Crippen LogP contribution in [0, 0.1) is 12.8 Å². The molecule has 1 aliphatic rings. The van der Waals surface area contributed by atoms with E-state index in [9.17, 15) is 9.59 Å². The lowest BCUT2D eigenvalue weighted by Crippen LogP contribution is -2.21. The van der Waals surface area contributed by atoms with E-state index in [2.05, 4.69) is 10.6 Å². The van der Waals surface area contributed by atoms with Crippen LogP contribution in [0.25, 0.3) is 0 Å². The van der Waals surface area contributed by atoms with Crippen LogP contribution in [-0.4, -0.2) is 11.8 Å². The van der Waals surface area contributed by atoms with Crippen molar-refractivity contribution in [2.75, 3.05) is 10.6 Å². The second-order valence-corrected chi connectivity index (χ2v) is 5.13. The van der Waals surface area contributed by atoms with E-state index in [-0.39, 0.29) is 17.7 Å². The molecule has 0 saturated heterocycles. The van der Waals surface area contributed by atoms with E-state index >= 15 is 0 Å². The zero-order chi connectivity index (χ0) is 13.8. The number of carbonyl (C=O) groups excluding carboxylic acids is 2. The SMILES string of the molecule is CC(=O)Nc1cccc(NC(=O)C2CCCC2)c1C. The number of hydrogen-bond acceptors (Lipinski definition) is 2. The van der Waals surface area contributed by atoms with Gasteiger partial charge in [-0.15, -0.1) is 0 Å². The van der Waals surface area contributed by atoms with Gasteiger partial charge < -0.3 is 10.6 Å². The number of hydrogen-bond donors (Lipinski definition) is 2. The third-order valence-electron chi connectivity index (χ3n) is 3.63. The smallest absolute Gasteiger partial charge is 0.227 e. The summed E-state index contributed by atoms with van der Waals surface area (Å²) in [5.41, 5.74) is 2.42. The summed E-state index contributed by atoms with van der Waals surface area (Å²) in [5.74, 6) is 0.131. The Morgan fingerprint density at radius 2 is 1.68 bits per heavy atom. The molecule has 2 rings (SSSR count). The van der Waals surface area contributed by atoms with Crippen LogP contribution in [0.1, 0.15) is 38.2 Å². The highest BCUT2D eigenvalue weighted by atomic mass is 16.2. The fraction of sp³-hybridized carbons (Fsp3) is 0.467. The molecule has 1 fully saturated rings. The normalized spacial score (nSPS) is 15.3. The maximum absolute atomic E-state index is 12.1. The summed E-state index contributed by atoms with van der Waals surface area (Å²) in [6.07, 6.45) is 4.25. The molecule has 0 radical (unpaired) electrons. The van der Waals surface area contributed by atoms with Gasteiger partial charge in [0.25, 0.3) is 0 Å². The molecule has 0 bridgehead atoms. The van der Waals surface area contributed by atoms with Gasteiger partial charge in [0, 0.05) is 24.2 Å². The van der Waals surface area contributed by atoms with Crippen molar-refractivity contribution < 1.29 is 9.59 Å². The summed E-state index contributed by atoms with van der Waals surface area (Å²) in [4.78, 5) is 23.2. The molecule has 1 aromatic carbocycles. The fourth-order valence-electron chi connectivity index (χ4n) is 2.52. The highest BCUT2D eigenvalue weighted by molar-refractivity contribution is 5.96. The number of carbonyl (C=O) groups is 2. The zero-order valence-electron chi connectivity index (χ0n) is 11.5. The molecule has 19 heavy (non-hydrogen) atoms. The van der Waals surface area contributed by atoms with E-state index in [1.807, 2.05) is 25.1 Å². The quantitative estimate of drug-likeness (QED) is 0.877. The summed E-state index contributed by atoms with van der Waals surface area (Å²) in [6.45, 7) is 3.37. The van der Waals surface area contributed by atoms with Crippen LogP contribution in [0.5, 0.6) is 0 Å². The Bertz CT molecular complexity index is 491. The second kappa shape index (κ2) is 5.87. The van der Waals surface area contributed by atoms with Gasteiger partial charge in [-0.2, -0.15) is 0 Å². The molecule has 0 aliphatic heterocycles. The van der Waals surface area contributed by atoms with E-state index in [0.717, 1.165) is 42.6 Å². The number of nitrogens with one attached hydrogen (secondary N) is 2. The van der Waals surface area contributed by atoms with Crippen LogP contribution in [0.3, 0.4) is 0 Å². The lowest BCUT2D eigenvalue weighted by molar-refractivity contribution is -0.119. The number of benzene rings is 1. The van der Waals surface area contributed by atoms with Crippen LogP contribution < -0.4 is 10.6 Å². The van der Waals surface area contributed by atoms with Crippen LogP contribution in [-0.2, 0) is 9.59 Å². The fourth-order valence-corrected chi connectivity index (χ4v) is 2.52. The first-order valence-electron chi connectivity index (χ1n) is 6.76. The lowest BCUT2D eigenvalue weighted by atomic mass is 10.1. The van der Waals surface area contributed by atoms with Gasteiger partial charge in [0.15, 0.2) is 0 Å². The standard InChI is InChI=1S/C15H20N2O2/c1-10-13(16-11(2)18)8-5-9-14(10)17-15(19)12-6-3-4-7-12/h5,8-9,12H,3-4,6-7H2,1-2H3,(H,16,18)(H,17,19). The van der Waals surface area contributed by atoms with Crippen molar-refractivity contribution in [3.63, 3.8) is 0 Å². The first kappa shape index (κ1) is 13.6. The number of rotatable bonds is 3. The minimum Gasteiger partial charge on any atom is -0.326 e. The molecule has 2 N–H and O–H groups in total. The van der Waals surface area contributed by atoms with Crippen molar-refractivity contribution in [2.24, 2.45) is 5.92 Å². The molecule has 0 atom stereocenters. The first-order chi connectivity index (χ1) is 9.08. The predicted molar refractivity (Wildman–Crippen MR) is 76.1 cm³/mol.